The van der Waals surface area contributed by atoms with Crippen LogP contribution in [0.3, 0.4) is 0 Å². The van der Waals surface area contributed by atoms with E-state index in [9.17, 15) is 20.1 Å². The van der Waals surface area contributed by atoms with Crippen LogP contribution in [0.5, 0.6) is 11.5 Å². The summed E-state index contributed by atoms with van der Waals surface area (Å²) in [4.78, 5) is 11.3. The van der Waals surface area contributed by atoms with Crippen molar-refractivity contribution < 1.29 is 20.1 Å². The zero-order valence-corrected chi connectivity index (χ0v) is 10.7. The third-order valence-corrected chi connectivity index (χ3v) is 3.30. The number of carboxylic acids is 1. The smallest absolute Gasteiger partial charge is 0.337 e. The van der Waals surface area contributed by atoms with Gasteiger partial charge in [-0.2, -0.15) is 0 Å². The van der Waals surface area contributed by atoms with E-state index in [-0.39, 0.29) is 27.1 Å². The minimum atomic E-state index is -1.23. The van der Waals surface area contributed by atoms with Gasteiger partial charge in [0.05, 0.1) is 10.0 Å². The number of aromatic carboxylic acids is 1. The molecule has 2 aromatic rings. The van der Waals surface area contributed by atoms with Crippen molar-refractivity contribution in [1.29, 1.82) is 0 Å². The van der Waals surface area contributed by atoms with Gasteiger partial charge in [-0.15, -0.1) is 0 Å². The molecule has 92 valence electrons. The first-order valence-electron chi connectivity index (χ1n) is 5.05. The Balaban J connectivity index is 2.82. The molecule has 0 aliphatic rings. The monoisotopic (exact) mass is 308 g/mol. The quantitative estimate of drug-likeness (QED) is 0.796. The molecule has 0 aromatic heterocycles. The van der Waals surface area contributed by atoms with E-state index in [2.05, 4.69) is 15.9 Å². The fourth-order valence-corrected chi connectivity index (χ4v) is 2.21. The largest absolute Gasteiger partial charge is 0.507 e. The Morgan fingerprint density at radius 3 is 2.22 bits per heavy atom. The molecule has 0 fully saturated rings. The number of hydrogen-bond donors (Lipinski definition) is 3. The van der Waals surface area contributed by atoms with Gasteiger partial charge in [-0.3, -0.25) is 0 Å². The Morgan fingerprint density at radius 1 is 1.06 bits per heavy atom. The summed E-state index contributed by atoms with van der Waals surface area (Å²) in [5, 5.41) is 28.6. The van der Waals surface area contributed by atoms with E-state index in [4.69, 9.17) is 0 Å². The van der Waals surface area contributed by atoms with Crippen LogP contribution in [0.15, 0.2) is 40.9 Å². The van der Waals surface area contributed by atoms with Crippen molar-refractivity contribution in [2.45, 2.75) is 0 Å². The van der Waals surface area contributed by atoms with Crippen LogP contribution in [0.1, 0.15) is 10.4 Å². The number of halogens is 1. The van der Waals surface area contributed by atoms with E-state index in [0.717, 1.165) is 6.07 Å². The minimum Gasteiger partial charge on any atom is -0.507 e. The second-order valence-corrected chi connectivity index (χ2v) is 4.44. The molecule has 4 nitrogen and oxygen atoms in total. The standard InChI is InChI=1S/C13H9BrO4/c14-12-9(16)6-8(15)10(11(12)13(17)18)7-4-2-1-3-5-7/h1-6,15-16H,(H,17,18). The summed E-state index contributed by atoms with van der Waals surface area (Å²) in [5.41, 5.74) is 0.569. The molecule has 2 rings (SSSR count). The van der Waals surface area contributed by atoms with Crippen LogP contribution in [-0.4, -0.2) is 21.3 Å². The molecule has 0 amide bonds. The Morgan fingerprint density at radius 2 is 1.67 bits per heavy atom. The molecule has 0 bridgehead atoms. The molecule has 18 heavy (non-hydrogen) atoms. The molecule has 0 unspecified atom stereocenters. The molecule has 5 heteroatoms. The van der Waals surface area contributed by atoms with Gasteiger partial charge >= 0.3 is 5.97 Å². The molecule has 0 atom stereocenters. The fourth-order valence-electron chi connectivity index (χ4n) is 1.73. The Bertz CT molecular complexity index is 608. The highest BCUT2D eigenvalue weighted by atomic mass is 79.9. The average molecular weight is 309 g/mol. The van der Waals surface area contributed by atoms with Gasteiger partial charge in [-0.1, -0.05) is 30.3 Å². The van der Waals surface area contributed by atoms with E-state index >= 15 is 0 Å². The molecular formula is C13H9BrO4. The highest BCUT2D eigenvalue weighted by Crippen LogP contribution is 2.41. The second-order valence-electron chi connectivity index (χ2n) is 3.65. The molecule has 0 heterocycles. The summed E-state index contributed by atoms with van der Waals surface area (Å²) in [7, 11) is 0. The Labute approximate surface area is 111 Å². The Kier molecular flexibility index (Phi) is 3.25. The summed E-state index contributed by atoms with van der Waals surface area (Å²) in [5.74, 6) is -1.82. The van der Waals surface area contributed by atoms with Crippen LogP contribution in [-0.2, 0) is 0 Å². The maximum Gasteiger partial charge on any atom is 0.337 e. The van der Waals surface area contributed by atoms with Gasteiger partial charge in [-0.05, 0) is 21.5 Å². The van der Waals surface area contributed by atoms with E-state index < -0.39 is 5.97 Å². The number of carbonyl (C=O) groups is 1. The lowest BCUT2D eigenvalue weighted by Crippen LogP contribution is -2.01. The molecule has 0 spiro atoms. The van der Waals surface area contributed by atoms with Crippen molar-refractivity contribution >= 4 is 21.9 Å². The van der Waals surface area contributed by atoms with E-state index in [0.29, 0.717) is 5.56 Å². The maximum absolute atomic E-state index is 11.3. The van der Waals surface area contributed by atoms with E-state index in [1.165, 1.54) is 0 Å². The van der Waals surface area contributed by atoms with Gasteiger partial charge < -0.3 is 15.3 Å². The SMILES string of the molecule is O=C(O)c1c(Br)c(O)cc(O)c1-c1ccccc1. The number of rotatable bonds is 2. The molecule has 2 aromatic carbocycles. The van der Waals surface area contributed by atoms with Gasteiger partial charge in [0.2, 0.25) is 0 Å². The first kappa shape index (κ1) is 12.4. The van der Waals surface area contributed by atoms with Crippen LogP contribution in [0.4, 0.5) is 0 Å². The van der Waals surface area contributed by atoms with Crippen LogP contribution in [0.2, 0.25) is 0 Å². The van der Waals surface area contributed by atoms with Crippen molar-refractivity contribution in [3.63, 3.8) is 0 Å². The summed E-state index contributed by atoms with van der Waals surface area (Å²) < 4.78 is 0.0478. The molecule has 0 aliphatic carbocycles. The van der Waals surface area contributed by atoms with Crippen molar-refractivity contribution in [2.75, 3.05) is 0 Å². The van der Waals surface area contributed by atoms with Gasteiger partial charge in [0.15, 0.2) is 0 Å². The lowest BCUT2D eigenvalue weighted by molar-refractivity contribution is 0.0695. The number of benzene rings is 2. The lowest BCUT2D eigenvalue weighted by atomic mass is 9.98. The highest BCUT2D eigenvalue weighted by molar-refractivity contribution is 9.10. The van der Waals surface area contributed by atoms with Crippen molar-refractivity contribution in [1.82, 2.24) is 0 Å². The van der Waals surface area contributed by atoms with Gasteiger partial charge in [0, 0.05) is 11.6 Å². The zero-order chi connectivity index (χ0) is 13.3. The van der Waals surface area contributed by atoms with E-state index in [1.807, 2.05) is 0 Å². The molecular weight excluding hydrogens is 300 g/mol. The van der Waals surface area contributed by atoms with Gasteiger partial charge in [-0.25, -0.2) is 4.79 Å². The first-order valence-corrected chi connectivity index (χ1v) is 5.84. The predicted octanol–water partition coefficient (Wildman–Crippen LogP) is 3.23. The summed E-state index contributed by atoms with van der Waals surface area (Å²) >= 11 is 3.02. The summed E-state index contributed by atoms with van der Waals surface area (Å²) in [6.45, 7) is 0. The normalized spacial score (nSPS) is 10.3. The summed E-state index contributed by atoms with van der Waals surface area (Å²) in [6.07, 6.45) is 0. The maximum atomic E-state index is 11.3. The lowest BCUT2D eigenvalue weighted by Gasteiger charge is -2.12. The zero-order valence-electron chi connectivity index (χ0n) is 9.09. The molecule has 3 N–H and O–H groups in total. The predicted molar refractivity (Wildman–Crippen MR) is 69.9 cm³/mol. The minimum absolute atomic E-state index is 0.0478. The molecule has 0 saturated heterocycles. The van der Waals surface area contributed by atoms with Crippen LogP contribution >= 0.6 is 15.9 Å². The number of carboxylic acid groups (broad SMARTS) is 1. The summed E-state index contributed by atoms with van der Waals surface area (Å²) in [6, 6.07) is 9.74. The number of phenolic OH excluding ortho intramolecular Hbond substituents is 2. The number of hydrogen-bond acceptors (Lipinski definition) is 3. The number of aromatic hydroxyl groups is 2. The van der Waals surface area contributed by atoms with E-state index in [1.54, 1.807) is 30.3 Å². The van der Waals surface area contributed by atoms with Crippen LogP contribution in [0, 0.1) is 0 Å². The molecule has 0 radical (unpaired) electrons. The first-order chi connectivity index (χ1) is 8.52. The molecule has 0 aliphatic heterocycles. The van der Waals surface area contributed by atoms with Crippen molar-refractivity contribution in [2.24, 2.45) is 0 Å². The highest BCUT2D eigenvalue weighted by Gasteiger charge is 2.22. The van der Waals surface area contributed by atoms with Crippen LogP contribution in [0.25, 0.3) is 11.1 Å². The van der Waals surface area contributed by atoms with Crippen LogP contribution < -0.4 is 0 Å². The Hall–Kier alpha value is -2.01. The van der Waals surface area contributed by atoms with Gasteiger partial charge in [0.1, 0.15) is 11.5 Å². The fraction of sp³-hybridized carbons (Fsp3) is 0. The van der Waals surface area contributed by atoms with Crippen molar-refractivity contribution in [3.05, 3.63) is 46.4 Å². The number of phenols is 2. The average Bonchev–Trinajstić information content (AvgIpc) is 2.34. The third kappa shape index (κ3) is 2.04. The second kappa shape index (κ2) is 4.70. The van der Waals surface area contributed by atoms with Gasteiger partial charge in [0.25, 0.3) is 0 Å². The molecule has 0 saturated carbocycles. The topological polar surface area (TPSA) is 77.8 Å². The van der Waals surface area contributed by atoms with Crippen molar-refractivity contribution in [3.8, 4) is 22.6 Å². The third-order valence-electron chi connectivity index (χ3n) is 2.50.